The molecule has 4 rings (SSSR count). The molecule has 0 aliphatic heterocycles. The Hall–Kier alpha value is -2.42. The molecule has 2 aliphatic rings. The zero-order chi connectivity index (χ0) is 24.6. The zero-order valence-corrected chi connectivity index (χ0v) is 21.4. The second-order valence-electron chi connectivity index (χ2n) is 10.4. The molecule has 1 atom stereocenters. The van der Waals surface area contributed by atoms with Crippen molar-refractivity contribution in [1.82, 2.24) is 0 Å². The average molecular weight is 479 g/mol. The van der Waals surface area contributed by atoms with Crippen molar-refractivity contribution in [3.05, 3.63) is 83.0 Å². The highest BCUT2D eigenvalue weighted by atomic mass is 19.2. The van der Waals surface area contributed by atoms with Gasteiger partial charge in [-0.2, -0.15) is 4.39 Å². The summed E-state index contributed by atoms with van der Waals surface area (Å²) in [6.45, 7) is 2.24. The van der Waals surface area contributed by atoms with Crippen LogP contribution in [0.4, 0.5) is 8.78 Å². The van der Waals surface area contributed by atoms with Crippen LogP contribution >= 0.6 is 0 Å². The summed E-state index contributed by atoms with van der Waals surface area (Å²) in [4.78, 5) is 0. The first-order chi connectivity index (χ1) is 17.1. The number of benzene rings is 2. The van der Waals surface area contributed by atoms with Crippen LogP contribution in [0, 0.1) is 23.5 Å². The number of halogens is 2. The molecule has 188 valence electrons. The minimum Gasteiger partial charge on any atom is -0.494 e. The van der Waals surface area contributed by atoms with Gasteiger partial charge in [0.1, 0.15) is 0 Å². The molecular weight excluding hydrogens is 438 g/mol. The van der Waals surface area contributed by atoms with Gasteiger partial charge in [0.25, 0.3) is 0 Å². The molecule has 35 heavy (non-hydrogen) atoms. The van der Waals surface area contributed by atoms with Crippen molar-refractivity contribution in [2.45, 2.75) is 83.5 Å². The predicted octanol–water partition coefficient (Wildman–Crippen LogP) is 9.42. The Morgan fingerprint density at radius 2 is 1.71 bits per heavy atom. The molecule has 2 aromatic carbocycles. The van der Waals surface area contributed by atoms with Crippen LogP contribution in [0.2, 0.25) is 0 Å². The summed E-state index contributed by atoms with van der Waals surface area (Å²) in [5, 5.41) is 0. The van der Waals surface area contributed by atoms with Gasteiger partial charge in [0.2, 0.25) is 5.82 Å². The molecule has 0 N–H and O–H groups in total. The molecule has 1 unspecified atom stereocenters. The van der Waals surface area contributed by atoms with Crippen LogP contribution in [0.5, 0.6) is 5.75 Å². The molecule has 2 aliphatic carbocycles. The smallest absolute Gasteiger partial charge is 0.201 e. The monoisotopic (exact) mass is 478 g/mol. The van der Waals surface area contributed by atoms with E-state index < -0.39 is 11.6 Å². The lowest BCUT2D eigenvalue weighted by molar-refractivity contribution is 0.371. The Morgan fingerprint density at radius 1 is 0.943 bits per heavy atom. The van der Waals surface area contributed by atoms with E-state index in [1.54, 1.807) is 6.07 Å². The minimum absolute atomic E-state index is 0.0399. The molecule has 0 heterocycles. The van der Waals surface area contributed by atoms with Gasteiger partial charge < -0.3 is 4.74 Å². The maximum atomic E-state index is 14.4. The lowest BCUT2D eigenvalue weighted by Crippen LogP contribution is -2.11. The van der Waals surface area contributed by atoms with Crippen molar-refractivity contribution in [2.75, 3.05) is 7.11 Å². The van der Waals surface area contributed by atoms with Crippen LogP contribution in [-0.2, 0) is 6.42 Å². The van der Waals surface area contributed by atoms with Gasteiger partial charge in [0.05, 0.1) is 7.11 Å². The van der Waals surface area contributed by atoms with Crippen molar-refractivity contribution in [3.8, 4) is 5.75 Å². The van der Waals surface area contributed by atoms with Crippen molar-refractivity contribution in [1.29, 1.82) is 0 Å². The topological polar surface area (TPSA) is 9.23 Å². The van der Waals surface area contributed by atoms with Crippen molar-refractivity contribution in [3.63, 3.8) is 0 Å². The fourth-order valence-corrected chi connectivity index (χ4v) is 5.84. The summed E-state index contributed by atoms with van der Waals surface area (Å²) in [6.07, 6.45) is 19.6. The van der Waals surface area contributed by atoms with Crippen LogP contribution in [-0.4, -0.2) is 7.11 Å². The average Bonchev–Trinajstić information content (AvgIpc) is 2.90. The molecule has 1 fully saturated rings. The highest BCUT2D eigenvalue weighted by molar-refractivity contribution is 5.67. The van der Waals surface area contributed by atoms with Crippen LogP contribution in [0.3, 0.4) is 0 Å². The van der Waals surface area contributed by atoms with E-state index in [2.05, 4.69) is 49.4 Å². The summed E-state index contributed by atoms with van der Waals surface area (Å²) < 4.78 is 33.4. The minimum atomic E-state index is -0.892. The Labute approximate surface area is 210 Å². The Morgan fingerprint density at radius 3 is 2.37 bits per heavy atom. The third-order valence-corrected chi connectivity index (χ3v) is 8.04. The van der Waals surface area contributed by atoms with Gasteiger partial charge in [0, 0.05) is 5.56 Å². The first kappa shape index (κ1) is 25.7. The fraction of sp³-hybridized carbons (Fsp3) is 0.500. The third kappa shape index (κ3) is 6.63. The first-order valence-corrected chi connectivity index (χ1v) is 13.6. The van der Waals surface area contributed by atoms with Crippen molar-refractivity contribution >= 4 is 5.57 Å². The highest BCUT2D eigenvalue weighted by Gasteiger charge is 2.22. The molecule has 0 spiro atoms. The zero-order valence-electron chi connectivity index (χ0n) is 21.4. The van der Waals surface area contributed by atoms with E-state index in [9.17, 15) is 8.78 Å². The molecule has 1 saturated carbocycles. The Kier molecular flexibility index (Phi) is 9.18. The third-order valence-electron chi connectivity index (χ3n) is 8.04. The van der Waals surface area contributed by atoms with Gasteiger partial charge in [-0.3, -0.25) is 0 Å². The van der Waals surface area contributed by atoms with Crippen LogP contribution in [0.1, 0.15) is 93.7 Å². The molecule has 0 aromatic heterocycles. The van der Waals surface area contributed by atoms with Crippen LogP contribution in [0.25, 0.3) is 5.57 Å². The lowest BCUT2D eigenvalue weighted by Gasteiger charge is -2.27. The molecule has 2 aromatic rings. The Balaban J connectivity index is 1.19. The van der Waals surface area contributed by atoms with E-state index in [4.69, 9.17) is 4.74 Å². The van der Waals surface area contributed by atoms with E-state index in [1.165, 1.54) is 69.2 Å². The number of aryl methyl sites for hydroxylation is 1. The maximum absolute atomic E-state index is 14.4. The van der Waals surface area contributed by atoms with Gasteiger partial charge in [-0.1, -0.05) is 55.8 Å². The second kappa shape index (κ2) is 12.5. The highest BCUT2D eigenvalue weighted by Crippen LogP contribution is 2.38. The number of allylic oxidation sites excluding steroid dienone is 4. The van der Waals surface area contributed by atoms with Gasteiger partial charge in [0.15, 0.2) is 11.6 Å². The summed E-state index contributed by atoms with van der Waals surface area (Å²) in [5.41, 5.74) is 4.29. The van der Waals surface area contributed by atoms with E-state index in [-0.39, 0.29) is 5.75 Å². The number of ether oxygens (including phenoxy) is 1. The largest absolute Gasteiger partial charge is 0.494 e. The second-order valence-corrected chi connectivity index (χ2v) is 10.4. The molecule has 0 radical (unpaired) electrons. The van der Waals surface area contributed by atoms with Gasteiger partial charge in [-0.15, -0.1) is 0 Å². The van der Waals surface area contributed by atoms with E-state index in [0.29, 0.717) is 11.5 Å². The van der Waals surface area contributed by atoms with E-state index in [1.807, 2.05) is 0 Å². The Bertz CT molecular complexity index is 1010. The quantitative estimate of drug-likeness (QED) is 0.326. The van der Waals surface area contributed by atoms with Crippen LogP contribution in [0.15, 0.2) is 54.6 Å². The van der Waals surface area contributed by atoms with Gasteiger partial charge in [-0.25, -0.2) is 4.39 Å². The summed E-state index contributed by atoms with van der Waals surface area (Å²) in [7, 11) is 1.36. The molecule has 3 heteroatoms. The molecule has 1 nitrogen and oxygen atoms in total. The van der Waals surface area contributed by atoms with E-state index in [0.717, 1.165) is 43.1 Å². The summed E-state index contributed by atoms with van der Waals surface area (Å²) in [5.74, 6) is 0.346. The number of hydrogen-bond acceptors (Lipinski definition) is 1. The van der Waals surface area contributed by atoms with E-state index >= 15 is 0 Å². The summed E-state index contributed by atoms with van der Waals surface area (Å²) in [6, 6.07) is 12.5. The van der Waals surface area contributed by atoms with Gasteiger partial charge >= 0.3 is 0 Å². The van der Waals surface area contributed by atoms with Crippen molar-refractivity contribution < 1.29 is 13.5 Å². The normalized spacial score (nSPS) is 22.9. The maximum Gasteiger partial charge on any atom is 0.201 e. The standard InChI is InChI=1S/C32H40F2O/c1-3-6-23-9-15-26(16-10-23)27-17-11-24(12-18-27)7-4-5-8-25-13-19-28(20-14-25)29-21-22-30(35-2)32(34)31(29)33/h4,7,9-10,15-16,19,21-22,24-25,27H,3,5-6,8,11-14,17-18,20H2,1-2H3. The lowest BCUT2D eigenvalue weighted by atomic mass is 9.78. The first-order valence-electron chi connectivity index (χ1n) is 13.6. The van der Waals surface area contributed by atoms with Gasteiger partial charge in [-0.05, 0) is 111 Å². The number of hydrogen-bond donors (Lipinski definition) is 0. The SMILES string of the molecule is CCCc1ccc(C2CCC(C=CCCC3CC=C(c4ccc(OC)c(F)c4F)CC3)CC2)cc1. The molecule has 0 bridgehead atoms. The van der Waals surface area contributed by atoms with Crippen LogP contribution < -0.4 is 4.74 Å². The fourth-order valence-electron chi connectivity index (χ4n) is 5.84. The molecule has 0 amide bonds. The predicted molar refractivity (Wildman–Crippen MR) is 142 cm³/mol. The van der Waals surface area contributed by atoms with Crippen molar-refractivity contribution in [2.24, 2.45) is 11.8 Å². The molecular formula is C32H40F2O. The summed E-state index contributed by atoms with van der Waals surface area (Å²) >= 11 is 0. The number of methoxy groups -OCH3 is 1. The molecule has 0 saturated heterocycles. The number of rotatable bonds is 9.